The summed E-state index contributed by atoms with van der Waals surface area (Å²) in [6, 6.07) is 0. The molecule has 0 nitrogen and oxygen atoms in total. The van der Waals surface area contributed by atoms with Gasteiger partial charge in [0, 0.05) is 43.4 Å². The fourth-order valence-corrected chi connectivity index (χ4v) is 0.393. The molecule has 1 aliphatic carbocycles. The first kappa shape index (κ1) is 10.8. The van der Waals surface area contributed by atoms with Crippen LogP contribution in [0.1, 0.15) is 6.42 Å². The standard InChI is InChI=1S/C5H6.2Ti/c1-2-4-5-3-1;;/h1-4H,5H2;;. The van der Waals surface area contributed by atoms with Crippen molar-refractivity contribution in [2.75, 3.05) is 0 Å². The van der Waals surface area contributed by atoms with Crippen molar-refractivity contribution in [1.29, 1.82) is 0 Å². The zero-order valence-corrected chi connectivity index (χ0v) is 7.14. The molecule has 0 unspecified atom stereocenters. The van der Waals surface area contributed by atoms with Crippen LogP contribution in [0, 0.1) is 0 Å². The van der Waals surface area contributed by atoms with E-state index in [1.807, 2.05) is 0 Å². The molecule has 0 aromatic rings. The van der Waals surface area contributed by atoms with E-state index in [1.165, 1.54) is 0 Å². The van der Waals surface area contributed by atoms with E-state index in [0.717, 1.165) is 6.42 Å². The summed E-state index contributed by atoms with van der Waals surface area (Å²) in [6.07, 6.45) is 9.50. The van der Waals surface area contributed by atoms with Gasteiger partial charge in [-0.2, -0.15) is 0 Å². The predicted octanol–water partition coefficient (Wildman–Crippen LogP) is 1.50. The molecule has 0 N–H and O–H groups in total. The second-order valence-electron chi connectivity index (χ2n) is 1.09. The number of rotatable bonds is 0. The van der Waals surface area contributed by atoms with Crippen molar-refractivity contribution in [2.45, 2.75) is 6.42 Å². The van der Waals surface area contributed by atoms with Gasteiger partial charge in [-0.15, -0.1) is 0 Å². The molecule has 7 heavy (non-hydrogen) atoms. The van der Waals surface area contributed by atoms with Gasteiger partial charge in [0.05, 0.1) is 0 Å². The first-order valence-corrected chi connectivity index (χ1v) is 1.82. The molecule has 0 saturated heterocycles. The van der Waals surface area contributed by atoms with Crippen molar-refractivity contribution in [3.05, 3.63) is 24.3 Å². The number of hydrogen-bond acceptors (Lipinski definition) is 0. The van der Waals surface area contributed by atoms with E-state index in [0.29, 0.717) is 0 Å². The van der Waals surface area contributed by atoms with Crippen molar-refractivity contribution in [1.82, 2.24) is 0 Å². The molecule has 0 aromatic carbocycles. The van der Waals surface area contributed by atoms with Gasteiger partial charge in [0.1, 0.15) is 0 Å². The zero-order chi connectivity index (χ0) is 3.54. The van der Waals surface area contributed by atoms with Gasteiger partial charge in [0.15, 0.2) is 0 Å². The van der Waals surface area contributed by atoms with E-state index in [4.69, 9.17) is 0 Å². The number of allylic oxidation sites excluding steroid dienone is 4. The Kier molecular flexibility index (Phi) is 10.7. The Labute approximate surface area is 73.8 Å². The fraction of sp³-hybridized carbons (Fsp3) is 0.200. The van der Waals surface area contributed by atoms with Crippen LogP contribution in [0.5, 0.6) is 0 Å². The van der Waals surface area contributed by atoms with Gasteiger partial charge in [-0.3, -0.25) is 0 Å². The average molecular weight is 162 g/mol. The maximum atomic E-state index is 2.12. The minimum absolute atomic E-state index is 0. The molecule has 0 saturated carbocycles. The van der Waals surface area contributed by atoms with E-state index in [-0.39, 0.29) is 43.4 Å². The summed E-state index contributed by atoms with van der Waals surface area (Å²) in [5.41, 5.74) is 0. The van der Waals surface area contributed by atoms with Crippen LogP contribution >= 0.6 is 0 Å². The Hall–Kier alpha value is 0.909. The quantitative estimate of drug-likeness (QED) is 0.473. The van der Waals surface area contributed by atoms with Crippen LogP contribution in [0.2, 0.25) is 0 Å². The molecule has 0 fully saturated rings. The Balaban J connectivity index is 0. The van der Waals surface area contributed by atoms with E-state index >= 15 is 0 Å². The van der Waals surface area contributed by atoms with Gasteiger partial charge in [0.2, 0.25) is 0 Å². The largest absolute Gasteiger partial charge is 0.0808 e. The summed E-state index contributed by atoms with van der Waals surface area (Å²) in [4.78, 5) is 0. The zero-order valence-electron chi connectivity index (χ0n) is 4.02. The van der Waals surface area contributed by atoms with Gasteiger partial charge < -0.3 is 0 Å². The van der Waals surface area contributed by atoms with Crippen LogP contribution in [-0.2, 0) is 43.4 Å². The van der Waals surface area contributed by atoms with Crippen LogP contribution in [0.25, 0.3) is 0 Å². The van der Waals surface area contributed by atoms with Crippen molar-refractivity contribution >= 4 is 0 Å². The minimum atomic E-state index is 0. The van der Waals surface area contributed by atoms with Crippen LogP contribution in [0.15, 0.2) is 24.3 Å². The molecule has 0 aromatic heterocycles. The Morgan fingerprint density at radius 1 is 0.857 bits per heavy atom. The van der Waals surface area contributed by atoms with Gasteiger partial charge in [0.25, 0.3) is 0 Å². The van der Waals surface area contributed by atoms with E-state index in [1.54, 1.807) is 0 Å². The maximum absolute atomic E-state index is 2.12. The van der Waals surface area contributed by atoms with E-state index in [2.05, 4.69) is 24.3 Å². The summed E-state index contributed by atoms with van der Waals surface area (Å²) in [5, 5.41) is 0. The summed E-state index contributed by atoms with van der Waals surface area (Å²) >= 11 is 0. The van der Waals surface area contributed by atoms with Crippen LogP contribution < -0.4 is 0 Å². The molecule has 0 radical (unpaired) electrons. The SMILES string of the molecule is C1=CCC=C1.[Ti].[Ti]. The molecule has 1 aliphatic rings. The summed E-state index contributed by atoms with van der Waals surface area (Å²) in [6.45, 7) is 0. The van der Waals surface area contributed by atoms with Crippen molar-refractivity contribution < 1.29 is 43.4 Å². The molecule has 34 valence electrons. The monoisotopic (exact) mass is 162 g/mol. The van der Waals surface area contributed by atoms with Gasteiger partial charge in [-0.1, -0.05) is 24.3 Å². The first-order valence-electron chi connectivity index (χ1n) is 1.82. The molecule has 2 heteroatoms. The third kappa shape index (κ3) is 4.77. The molecule has 0 spiro atoms. The minimum Gasteiger partial charge on any atom is -0.0808 e. The molecule has 0 bridgehead atoms. The topological polar surface area (TPSA) is 0 Å². The molecular formula is C5H6Ti2. The fourth-order valence-electron chi connectivity index (χ4n) is 0.393. The average Bonchev–Trinajstić information content (AvgIpc) is 1.76. The van der Waals surface area contributed by atoms with E-state index in [9.17, 15) is 0 Å². The van der Waals surface area contributed by atoms with Crippen LogP contribution in [0.4, 0.5) is 0 Å². The smallest absolute Gasteiger partial charge is 0 e. The predicted molar refractivity (Wildman–Crippen MR) is 22.9 cm³/mol. The summed E-state index contributed by atoms with van der Waals surface area (Å²) < 4.78 is 0. The van der Waals surface area contributed by atoms with Crippen LogP contribution in [-0.4, -0.2) is 0 Å². The van der Waals surface area contributed by atoms with E-state index < -0.39 is 0 Å². The molecule has 0 atom stereocenters. The normalized spacial score (nSPS) is 12.6. The molecular weight excluding hydrogens is 156 g/mol. The second kappa shape index (κ2) is 6.91. The third-order valence-corrected chi connectivity index (χ3v) is 0.655. The van der Waals surface area contributed by atoms with Gasteiger partial charge in [-0.25, -0.2) is 0 Å². The molecule has 0 heterocycles. The Bertz CT molecular complexity index is 64.1. The first-order chi connectivity index (χ1) is 2.50. The van der Waals surface area contributed by atoms with Crippen molar-refractivity contribution in [3.8, 4) is 0 Å². The van der Waals surface area contributed by atoms with Gasteiger partial charge >= 0.3 is 0 Å². The van der Waals surface area contributed by atoms with Crippen molar-refractivity contribution in [3.63, 3.8) is 0 Å². The molecule has 0 amide bonds. The number of hydrogen-bond donors (Lipinski definition) is 0. The van der Waals surface area contributed by atoms with Crippen molar-refractivity contribution in [2.24, 2.45) is 0 Å². The second-order valence-corrected chi connectivity index (χ2v) is 1.09. The van der Waals surface area contributed by atoms with Gasteiger partial charge in [-0.05, 0) is 6.42 Å². The third-order valence-electron chi connectivity index (χ3n) is 0.655. The Morgan fingerprint density at radius 3 is 1.43 bits per heavy atom. The molecule has 1 rings (SSSR count). The summed E-state index contributed by atoms with van der Waals surface area (Å²) in [7, 11) is 0. The maximum Gasteiger partial charge on any atom is 0 e. The molecule has 0 aliphatic heterocycles. The summed E-state index contributed by atoms with van der Waals surface area (Å²) in [5.74, 6) is 0. The Morgan fingerprint density at radius 2 is 1.29 bits per heavy atom. The van der Waals surface area contributed by atoms with Crippen LogP contribution in [0.3, 0.4) is 0 Å².